The van der Waals surface area contributed by atoms with Gasteiger partial charge in [0.05, 0.1) is 5.39 Å². The third-order valence-corrected chi connectivity index (χ3v) is 15.8. The number of rotatable bonds is 24. The number of aromatic hydroxyl groups is 10. The molecule has 0 unspecified atom stereocenters. The van der Waals surface area contributed by atoms with E-state index in [4.69, 9.17) is 0 Å². The van der Waals surface area contributed by atoms with Gasteiger partial charge in [-0.15, -0.1) is 65.8 Å². The fraction of sp³-hybridized carbons (Fsp3) is 0.152. The van der Waals surface area contributed by atoms with Crippen molar-refractivity contribution < 1.29 is 51.1 Å². The summed E-state index contributed by atoms with van der Waals surface area (Å²) in [4.78, 5) is 0. The quantitative estimate of drug-likeness (QED) is 0.0260. The van der Waals surface area contributed by atoms with Crippen LogP contribution in [0.2, 0.25) is 0 Å². The Morgan fingerprint density at radius 1 is 0.225 bits per heavy atom. The van der Waals surface area contributed by atoms with Crippen molar-refractivity contribution in [1.29, 1.82) is 0 Å². The van der Waals surface area contributed by atoms with Gasteiger partial charge in [-0.25, -0.2) is 0 Å². The Labute approximate surface area is 606 Å². The molecule has 0 radical (unpaired) electrons. The van der Waals surface area contributed by atoms with Crippen LogP contribution in [0.15, 0.2) is 296 Å². The van der Waals surface area contributed by atoms with Crippen LogP contribution in [0.1, 0.15) is 85.3 Å². The van der Waals surface area contributed by atoms with Crippen LogP contribution < -0.4 is 0 Å². The lowest BCUT2D eigenvalue weighted by molar-refractivity contribution is 0.458. The summed E-state index contributed by atoms with van der Waals surface area (Å²) in [5.41, 5.74) is 14.7. The molecule has 10 heteroatoms. The fourth-order valence-corrected chi connectivity index (χ4v) is 11.0. The summed E-state index contributed by atoms with van der Waals surface area (Å²) in [5, 5.41) is 102. The third-order valence-electron chi connectivity index (χ3n) is 15.8. The molecule has 0 saturated heterocycles. The number of phenolic OH excluding ortho intramolecular Hbond substituents is 10. The molecule has 10 aromatic rings. The number of phenols is 10. The predicted molar refractivity (Wildman–Crippen MR) is 434 cm³/mol. The molecule has 10 aromatic carbocycles. The van der Waals surface area contributed by atoms with Crippen LogP contribution in [0, 0.1) is 0 Å². The Hall–Kier alpha value is -12.1. The highest BCUT2D eigenvalue weighted by atomic mass is 16.3. The molecule has 0 saturated carbocycles. The summed E-state index contributed by atoms with van der Waals surface area (Å²) in [6.45, 7) is 36.9. The Bertz CT molecular complexity index is 4260. The fourth-order valence-electron chi connectivity index (χ4n) is 11.0. The van der Waals surface area contributed by atoms with Crippen molar-refractivity contribution in [2.24, 2.45) is 0 Å². The minimum atomic E-state index is 0. The van der Waals surface area contributed by atoms with E-state index >= 15 is 0 Å². The molecule has 0 spiro atoms. The first-order valence-corrected chi connectivity index (χ1v) is 31.9. The number of benzene rings is 10. The minimum absolute atomic E-state index is 0. The van der Waals surface area contributed by atoms with Gasteiger partial charge in [-0.05, 0) is 203 Å². The summed E-state index contributed by atoms with van der Waals surface area (Å²) >= 11 is 0. The first-order valence-electron chi connectivity index (χ1n) is 31.9. The first-order chi connectivity index (χ1) is 47.3. The van der Waals surface area contributed by atoms with E-state index in [1.165, 1.54) is 0 Å². The largest absolute Gasteiger partial charge is 0.508 e. The number of hydrogen-bond acceptors (Lipinski definition) is 10. The molecule has 0 aliphatic rings. The highest BCUT2D eigenvalue weighted by Crippen LogP contribution is 2.42. The molecule has 0 bridgehead atoms. The second-order valence-corrected chi connectivity index (χ2v) is 22.9. The van der Waals surface area contributed by atoms with Gasteiger partial charge in [0.15, 0.2) is 0 Å². The Morgan fingerprint density at radius 2 is 0.539 bits per heavy atom. The van der Waals surface area contributed by atoms with Gasteiger partial charge in [0.1, 0.15) is 57.5 Å². The average molecular weight is 1370 g/mol. The lowest BCUT2D eigenvalue weighted by Crippen LogP contribution is -1.89. The molecule has 10 rings (SSSR count). The highest BCUT2D eigenvalue weighted by Gasteiger charge is 2.17. The van der Waals surface area contributed by atoms with E-state index in [1.807, 2.05) is 127 Å². The molecule has 0 aromatic heterocycles. The Kier molecular flexibility index (Phi) is 36.5. The second-order valence-electron chi connectivity index (χ2n) is 22.9. The van der Waals surface area contributed by atoms with Gasteiger partial charge in [0.2, 0.25) is 0 Å². The SMILES string of the molecule is C.C.C.C.C=CCc1cc(-c2ccc(O)c(CC=C)c2)ccc1O.C=CCc1cc(O)cc(-c2cc(CC=C)ccc2O)c1.C=CCc1ccc(O)c(-c2cccc(CC=C)c2O)c1.C=CCc1ccc2ccc(CC=C)c(O)c2c1O.C=CCc1cccc(-c2cccc(CC=C)c2O)c1O. The molecule has 0 aliphatic carbocycles. The molecular weight excluding hydrogens is 1270 g/mol. The minimum Gasteiger partial charge on any atom is -0.508 e. The first kappa shape index (κ1) is 85.9. The van der Waals surface area contributed by atoms with Gasteiger partial charge in [0.25, 0.3) is 0 Å². The van der Waals surface area contributed by atoms with Crippen molar-refractivity contribution in [3.05, 3.63) is 352 Å². The third kappa shape index (κ3) is 23.0. The molecule has 10 nitrogen and oxygen atoms in total. The lowest BCUT2D eigenvalue weighted by Gasteiger charge is -2.12. The molecule has 102 heavy (non-hydrogen) atoms. The topological polar surface area (TPSA) is 202 Å². The van der Waals surface area contributed by atoms with Gasteiger partial charge in [-0.2, -0.15) is 0 Å². The van der Waals surface area contributed by atoms with Crippen molar-refractivity contribution in [3.63, 3.8) is 0 Å². The molecule has 532 valence electrons. The van der Waals surface area contributed by atoms with Gasteiger partial charge < -0.3 is 51.1 Å². The molecule has 0 heterocycles. The van der Waals surface area contributed by atoms with Crippen LogP contribution in [0.5, 0.6) is 57.5 Å². The van der Waals surface area contributed by atoms with Gasteiger partial charge in [-0.1, -0.05) is 200 Å². The summed E-state index contributed by atoms with van der Waals surface area (Å²) in [7, 11) is 0. The average Bonchev–Trinajstić information content (AvgIpc) is 0.784. The van der Waals surface area contributed by atoms with E-state index in [9.17, 15) is 51.1 Å². The normalized spacial score (nSPS) is 9.84. The van der Waals surface area contributed by atoms with Crippen LogP contribution in [-0.2, 0) is 64.2 Å². The smallest absolute Gasteiger partial charge is 0.130 e. The van der Waals surface area contributed by atoms with E-state index in [0.717, 1.165) is 90.6 Å². The van der Waals surface area contributed by atoms with Gasteiger partial charge in [-0.3, -0.25) is 0 Å². The van der Waals surface area contributed by atoms with Crippen LogP contribution >= 0.6 is 0 Å². The Balaban J connectivity index is 0.000000429. The number of para-hydroxylation sites is 3. The number of allylic oxidation sites excluding steroid dienone is 10. The zero-order valence-electron chi connectivity index (χ0n) is 55.6. The molecule has 0 atom stereocenters. The van der Waals surface area contributed by atoms with Crippen LogP contribution in [0.3, 0.4) is 0 Å². The lowest BCUT2D eigenvalue weighted by atomic mass is 9.96. The van der Waals surface area contributed by atoms with Crippen molar-refractivity contribution >= 4 is 10.8 Å². The summed E-state index contributed by atoms with van der Waals surface area (Å²) in [5.74, 6) is 1.95. The predicted octanol–water partition coefficient (Wildman–Crippen LogP) is 23.1. The van der Waals surface area contributed by atoms with Crippen LogP contribution in [0.4, 0.5) is 0 Å². The second kappa shape index (κ2) is 43.3. The monoisotopic (exact) mass is 1370 g/mol. The number of hydrogen-bond donors (Lipinski definition) is 10. The van der Waals surface area contributed by atoms with Crippen LogP contribution in [-0.4, -0.2) is 51.1 Å². The maximum atomic E-state index is 10.3. The van der Waals surface area contributed by atoms with E-state index in [1.54, 1.807) is 103 Å². The van der Waals surface area contributed by atoms with E-state index in [0.29, 0.717) is 84.6 Å². The molecule has 0 aliphatic heterocycles. The summed E-state index contributed by atoms with van der Waals surface area (Å²) in [6.07, 6.45) is 23.9. The summed E-state index contributed by atoms with van der Waals surface area (Å²) < 4.78 is 0. The Morgan fingerprint density at radius 3 is 0.912 bits per heavy atom. The van der Waals surface area contributed by atoms with E-state index in [2.05, 4.69) is 65.8 Å². The summed E-state index contributed by atoms with van der Waals surface area (Å²) in [6, 6.07) is 51.2. The van der Waals surface area contributed by atoms with Crippen molar-refractivity contribution in [1.82, 2.24) is 0 Å². The maximum Gasteiger partial charge on any atom is 0.130 e. The zero-order valence-corrected chi connectivity index (χ0v) is 55.6. The van der Waals surface area contributed by atoms with Crippen molar-refractivity contribution in [2.45, 2.75) is 93.9 Å². The number of fused-ring (bicyclic) bond motifs is 1. The van der Waals surface area contributed by atoms with Gasteiger partial charge in [0, 0.05) is 27.8 Å². The van der Waals surface area contributed by atoms with E-state index < -0.39 is 0 Å². The molecule has 10 N–H and O–H groups in total. The van der Waals surface area contributed by atoms with Crippen molar-refractivity contribution in [2.75, 3.05) is 0 Å². The zero-order chi connectivity index (χ0) is 71.3. The maximum absolute atomic E-state index is 10.3. The molecule has 0 fully saturated rings. The van der Waals surface area contributed by atoms with Gasteiger partial charge >= 0.3 is 0 Å². The highest BCUT2D eigenvalue weighted by molar-refractivity contribution is 5.95. The molecule has 0 amide bonds. The van der Waals surface area contributed by atoms with Crippen LogP contribution in [0.25, 0.3) is 55.3 Å². The standard InChI is InChI=1S/4C18H18O2.C16H16O2.4CH4/c1-3-7-13-9-5-11-15(17(13)19)16-12-6-10-14(8-4-2)18(16)20;1-3-6-13-10-11-17(19)16(12-13)15-9-5-8-14(7-4-2)18(15)20;1-3-5-15-11-13(7-9-17(15)19)14-8-10-18(20)16(12-14)6-4-2;1-3-5-13-7-8-18(20)17(11-13)15-9-14(6-4-2)10-16(19)12-15;1-3-5-12-9-7-11-8-10-13(6-4-2)16(18)14(11)15(12)17;;;;/h3-6,9-12,19-20H,1-2,7-8H2;3-5,8-12,19-20H,1-2,6-7H2;2*3-4,7-12,19-20H,1-2,5-6H2;3-4,7-10,17-18H,1-2,5-6H2;4*1H4. The molecular formula is C92H104O10. The van der Waals surface area contributed by atoms with Crippen molar-refractivity contribution in [3.8, 4) is 102 Å². The van der Waals surface area contributed by atoms with E-state index in [-0.39, 0.29) is 87.2 Å².